The van der Waals surface area contributed by atoms with E-state index in [2.05, 4.69) is 400 Å². The predicted octanol–water partition coefficient (Wildman–Crippen LogP) is 26.8. The third kappa shape index (κ3) is 10.3. The minimum absolute atomic E-state index is 0.123. The van der Waals surface area contributed by atoms with Gasteiger partial charge in [-0.25, -0.2) is 0 Å². The van der Waals surface area contributed by atoms with E-state index in [0.717, 1.165) is 178 Å². The van der Waals surface area contributed by atoms with Crippen molar-refractivity contribution in [3.8, 4) is 0 Å². The van der Waals surface area contributed by atoms with E-state index in [1.807, 2.05) is 6.07 Å². The second-order valence-electron chi connectivity index (χ2n) is 31.2. The van der Waals surface area contributed by atoms with Crippen molar-refractivity contribution in [2.45, 2.75) is 52.4 Å². The molecule has 2 aliphatic heterocycles. The van der Waals surface area contributed by atoms with Crippen molar-refractivity contribution >= 4 is 196 Å². The summed E-state index contributed by atoms with van der Waals surface area (Å²) in [5.74, 6) is 0. The van der Waals surface area contributed by atoms with E-state index in [1.165, 1.54) is 21.9 Å². The minimum atomic E-state index is -0.427. The molecular weight excluding hydrogens is 1330 g/mol. The van der Waals surface area contributed by atoms with E-state index in [4.69, 9.17) is 13.3 Å². The zero-order chi connectivity index (χ0) is 73.0. The molecule has 0 aliphatic carbocycles. The zero-order valence-corrected chi connectivity index (χ0v) is 61.4. The summed E-state index contributed by atoms with van der Waals surface area (Å²) in [5.41, 5.74) is 25.3. The molecule has 0 bridgehead atoms. The first-order chi connectivity index (χ1) is 53.3. The third-order valence-corrected chi connectivity index (χ3v) is 22.6. The number of nitrogens with zero attached hydrogens (tertiary/aromatic N) is 5. The van der Waals surface area contributed by atoms with E-state index in [1.54, 1.807) is 0 Å². The summed E-state index contributed by atoms with van der Waals surface area (Å²) in [6.07, 6.45) is 0. The standard InChI is InChI=1S/C100H74BN5O3/c1-99(2,3)65-44-49-70(50-45-65)105-85-58-73(104(84-37-24-36-80-78-34-19-22-39-91(78)108-97(80)84)72-48-43-64-42-41-63-25-16-17-32-76(63)82(64)57-72)54-56-83(85)101-95-87(105)59-75(102(67-26-10-7-11-27-67)74-53-55-79-77-33-18-21-38-90(77)107-93(79)61-74)60-88(95)106(71-51-46-66(47-52-71)100(4,5)6)89-62-86(94-81-35-20-23-40-92(81)109-98(94)96(89)101)103(68-28-12-8-13-29-68)69-30-14-9-15-31-69/h7-62H,1-6H3. The highest BCUT2D eigenvalue weighted by Crippen LogP contribution is 2.55. The van der Waals surface area contributed by atoms with Crippen LogP contribution in [0.15, 0.2) is 353 Å². The molecule has 520 valence electrons. The van der Waals surface area contributed by atoms with Crippen molar-refractivity contribution in [2.24, 2.45) is 0 Å². The molecule has 9 heteroatoms. The lowest BCUT2D eigenvalue weighted by atomic mass is 9.33. The van der Waals surface area contributed by atoms with Crippen molar-refractivity contribution in [2.75, 3.05) is 24.5 Å². The number of hydrogen-bond acceptors (Lipinski definition) is 8. The fraction of sp³-hybridized carbons (Fsp3) is 0.0800. The van der Waals surface area contributed by atoms with E-state index in [0.29, 0.717) is 0 Å². The predicted molar refractivity (Wildman–Crippen MR) is 459 cm³/mol. The molecule has 0 radical (unpaired) electrons. The van der Waals surface area contributed by atoms with Crippen LogP contribution < -0.4 is 40.9 Å². The highest BCUT2D eigenvalue weighted by Gasteiger charge is 2.47. The van der Waals surface area contributed by atoms with Crippen LogP contribution >= 0.6 is 0 Å². The Balaban J connectivity index is 0.915. The van der Waals surface area contributed by atoms with Crippen molar-refractivity contribution in [3.63, 3.8) is 0 Å². The highest BCUT2D eigenvalue weighted by atomic mass is 16.3. The summed E-state index contributed by atoms with van der Waals surface area (Å²) in [6, 6.07) is 125. The average molecular weight is 1400 g/mol. The van der Waals surface area contributed by atoms with Gasteiger partial charge in [-0.15, -0.1) is 0 Å². The Morgan fingerprint density at radius 2 is 0.706 bits per heavy atom. The summed E-state index contributed by atoms with van der Waals surface area (Å²) in [7, 11) is 0. The first-order valence-electron chi connectivity index (χ1n) is 37.7. The molecule has 0 atom stereocenters. The van der Waals surface area contributed by atoms with Crippen LogP contribution in [0.4, 0.5) is 85.3 Å². The van der Waals surface area contributed by atoms with Crippen LogP contribution in [0.2, 0.25) is 0 Å². The van der Waals surface area contributed by atoms with E-state index in [-0.39, 0.29) is 10.8 Å². The van der Waals surface area contributed by atoms with Gasteiger partial charge in [-0.2, -0.15) is 0 Å². The monoisotopic (exact) mass is 1400 g/mol. The Hall–Kier alpha value is -13.5. The minimum Gasteiger partial charge on any atom is -0.456 e. The fourth-order valence-electron chi connectivity index (χ4n) is 17.5. The molecule has 0 fully saturated rings. The van der Waals surface area contributed by atoms with Crippen LogP contribution in [-0.4, -0.2) is 6.71 Å². The number of para-hydroxylation sites is 7. The molecular formula is C100H74BN5O3. The molecule has 0 N–H and O–H groups in total. The largest absolute Gasteiger partial charge is 0.456 e. The van der Waals surface area contributed by atoms with Gasteiger partial charge < -0.3 is 37.8 Å². The molecule has 16 aromatic carbocycles. The van der Waals surface area contributed by atoms with Gasteiger partial charge >= 0.3 is 0 Å². The third-order valence-electron chi connectivity index (χ3n) is 22.6. The number of anilines is 15. The second kappa shape index (κ2) is 24.5. The quantitative estimate of drug-likeness (QED) is 0.0938. The lowest BCUT2D eigenvalue weighted by Gasteiger charge is -2.45. The maximum atomic E-state index is 7.79. The van der Waals surface area contributed by atoms with Crippen molar-refractivity contribution < 1.29 is 13.3 Å². The van der Waals surface area contributed by atoms with Gasteiger partial charge in [0, 0.05) is 101 Å². The number of benzene rings is 16. The number of fused-ring (bicyclic) bond motifs is 17. The summed E-state index contributed by atoms with van der Waals surface area (Å²) in [5, 5.41) is 11.0. The van der Waals surface area contributed by atoms with Gasteiger partial charge in [0.15, 0.2) is 5.58 Å². The Morgan fingerprint density at radius 3 is 1.34 bits per heavy atom. The van der Waals surface area contributed by atoms with E-state index in [9.17, 15) is 0 Å². The van der Waals surface area contributed by atoms with Crippen LogP contribution in [0.5, 0.6) is 0 Å². The number of furan rings is 3. The first kappa shape index (κ1) is 63.9. The summed E-state index contributed by atoms with van der Waals surface area (Å²) in [4.78, 5) is 12.4. The molecule has 19 aromatic rings. The Labute approximate surface area is 632 Å². The topological polar surface area (TPSA) is 55.6 Å². The lowest BCUT2D eigenvalue weighted by Crippen LogP contribution is -2.61. The normalized spacial score (nSPS) is 12.8. The molecule has 0 unspecified atom stereocenters. The van der Waals surface area contributed by atoms with Crippen LogP contribution in [0.3, 0.4) is 0 Å². The molecule has 109 heavy (non-hydrogen) atoms. The maximum absolute atomic E-state index is 7.79. The molecule has 0 amide bonds. The summed E-state index contributed by atoms with van der Waals surface area (Å²) in [6.45, 7) is 13.3. The average Bonchev–Trinajstić information content (AvgIpc) is 1.38. The Bertz CT molecular complexity index is 6810. The number of rotatable bonds is 11. The van der Waals surface area contributed by atoms with E-state index < -0.39 is 6.71 Å². The molecule has 3 aromatic heterocycles. The smallest absolute Gasteiger partial charge is 0.257 e. The second-order valence-corrected chi connectivity index (χ2v) is 31.2. The van der Waals surface area contributed by atoms with Gasteiger partial charge in [0.25, 0.3) is 6.71 Å². The molecule has 21 rings (SSSR count). The van der Waals surface area contributed by atoms with Crippen LogP contribution in [-0.2, 0) is 10.8 Å². The van der Waals surface area contributed by atoms with Crippen molar-refractivity contribution in [3.05, 3.63) is 351 Å². The lowest BCUT2D eigenvalue weighted by molar-refractivity contribution is 0.590. The summed E-state index contributed by atoms with van der Waals surface area (Å²) >= 11 is 0. The van der Waals surface area contributed by atoms with Gasteiger partial charge in [-0.3, -0.25) is 0 Å². The van der Waals surface area contributed by atoms with Gasteiger partial charge in [-0.1, -0.05) is 236 Å². The highest BCUT2D eigenvalue weighted by molar-refractivity contribution is 7.01. The van der Waals surface area contributed by atoms with Gasteiger partial charge in [0.2, 0.25) is 0 Å². The van der Waals surface area contributed by atoms with Crippen molar-refractivity contribution in [1.82, 2.24) is 0 Å². The molecule has 0 saturated carbocycles. The van der Waals surface area contributed by atoms with Crippen LogP contribution in [0.1, 0.15) is 52.7 Å². The van der Waals surface area contributed by atoms with Gasteiger partial charge in [-0.05, 0) is 199 Å². The molecule has 0 spiro atoms. The maximum Gasteiger partial charge on any atom is 0.257 e. The SMILES string of the molecule is CC(C)(C)c1ccc(N2c3cc(N(c4ccc5ccc6ccccc6c5c4)c4cccc5c4oc4ccccc45)ccc3B3c4c2cc(N(c2ccccc2)c2ccc5c(c2)oc2ccccc25)cc4N(c2ccc(C(C)(C)C)cc2)c2cc(N(c4ccccc4)c4ccccc4)c4c(oc5ccccc54)c23)cc1. The van der Waals surface area contributed by atoms with Gasteiger partial charge in [0.05, 0.1) is 22.4 Å². The van der Waals surface area contributed by atoms with Crippen LogP contribution in [0, 0.1) is 0 Å². The Morgan fingerprint density at radius 1 is 0.266 bits per heavy atom. The summed E-state index contributed by atoms with van der Waals surface area (Å²) < 4.78 is 21.7. The first-order valence-corrected chi connectivity index (χ1v) is 37.7. The molecule has 5 heterocycles. The van der Waals surface area contributed by atoms with Crippen molar-refractivity contribution in [1.29, 1.82) is 0 Å². The fourth-order valence-corrected chi connectivity index (χ4v) is 17.5. The molecule has 2 aliphatic rings. The number of hydrogen-bond donors (Lipinski definition) is 0. The molecule has 8 nitrogen and oxygen atoms in total. The van der Waals surface area contributed by atoms with Crippen LogP contribution in [0.25, 0.3) is 87.4 Å². The Kier molecular flexibility index (Phi) is 14.4. The van der Waals surface area contributed by atoms with E-state index >= 15 is 0 Å². The zero-order valence-electron chi connectivity index (χ0n) is 61.4. The van der Waals surface area contributed by atoms with Gasteiger partial charge in [0.1, 0.15) is 27.9 Å². The molecule has 0 saturated heterocycles.